The van der Waals surface area contributed by atoms with E-state index in [1.165, 1.54) is 14.2 Å². The van der Waals surface area contributed by atoms with Gasteiger partial charge < -0.3 is 14.8 Å². The molecule has 1 saturated heterocycles. The van der Waals surface area contributed by atoms with Gasteiger partial charge in [-0.25, -0.2) is 0 Å². The zero-order valence-electron chi connectivity index (χ0n) is 12.1. The molecule has 0 amide bonds. The Hall–Kier alpha value is -1.47. The van der Waals surface area contributed by atoms with E-state index >= 15 is 0 Å². The Kier molecular flexibility index (Phi) is 4.95. The van der Waals surface area contributed by atoms with Gasteiger partial charge in [-0.15, -0.1) is 0 Å². The van der Waals surface area contributed by atoms with Gasteiger partial charge in [0.15, 0.2) is 0 Å². The maximum Gasteiger partial charge on any atom is 0.420 e. The van der Waals surface area contributed by atoms with E-state index in [1.54, 1.807) is 6.07 Å². The number of piperazine rings is 1. The maximum atomic E-state index is 13.2. The van der Waals surface area contributed by atoms with E-state index in [-0.39, 0.29) is 11.5 Å². The van der Waals surface area contributed by atoms with Gasteiger partial charge in [-0.1, -0.05) is 0 Å². The third-order valence-electron chi connectivity index (χ3n) is 3.49. The highest BCUT2D eigenvalue weighted by atomic mass is 19.4. The summed E-state index contributed by atoms with van der Waals surface area (Å²) in [4.78, 5) is 2.09. The Morgan fingerprint density at radius 3 is 2.33 bits per heavy atom. The summed E-state index contributed by atoms with van der Waals surface area (Å²) in [7, 11) is 2.62. The Morgan fingerprint density at radius 1 is 1.14 bits per heavy atom. The molecule has 118 valence electrons. The lowest BCUT2D eigenvalue weighted by atomic mass is 10.1. The van der Waals surface area contributed by atoms with Crippen molar-refractivity contribution in [3.8, 4) is 11.5 Å². The number of methoxy groups -OCH3 is 2. The number of hydrogen-bond donors (Lipinski definition) is 1. The van der Waals surface area contributed by atoms with E-state index in [4.69, 9.17) is 9.47 Å². The molecule has 0 aliphatic carbocycles. The van der Waals surface area contributed by atoms with Crippen LogP contribution in [-0.2, 0) is 12.7 Å². The Bertz CT molecular complexity index is 486. The molecule has 4 nitrogen and oxygen atoms in total. The predicted molar refractivity (Wildman–Crippen MR) is 72.7 cm³/mol. The molecule has 1 aromatic carbocycles. The second-order valence-electron chi connectivity index (χ2n) is 4.89. The second kappa shape index (κ2) is 6.53. The molecule has 2 rings (SSSR count). The van der Waals surface area contributed by atoms with Crippen molar-refractivity contribution < 1.29 is 22.6 Å². The third kappa shape index (κ3) is 3.79. The summed E-state index contributed by atoms with van der Waals surface area (Å²) < 4.78 is 49.5. The molecule has 1 aliphatic rings. The van der Waals surface area contributed by atoms with Gasteiger partial charge in [-0.05, 0) is 12.1 Å². The molecule has 21 heavy (non-hydrogen) atoms. The minimum Gasteiger partial charge on any atom is -0.497 e. The molecule has 0 spiro atoms. The molecule has 1 N–H and O–H groups in total. The monoisotopic (exact) mass is 304 g/mol. The van der Waals surface area contributed by atoms with Gasteiger partial charge >= 0.3 is 6.18 Å². The minimum absolute atomic E-state index is 0.123. The zero-order valence-corrected chi connectivity index (χ0v) is 12.1. The van der Waals surface area contributed by atoms with E-state index in [0.717, 1.165) is 32.2 Å². The molecule has 0 saturated carbocycles. The quantitative estimate of drug-likeness (QED) is 0.924. The van der Waals surface area contributed by atoms with Gasteiger partial charge in [0, 0.05) is 38.3 Å². The molecule has 0 atom stereocenters. The number of benzene rings is 1. The highest BCUT2D eigenvalue weighted by Crippen LogP contribution is 2.41. The van der Waals surface area contributed by atoms with Crippen LogP contribution in [0.25, 0.3) is 0 Å². The summed E-state index contributed by atoms with van der Waals surface area (Å²) in [6, 6.07) is 2.58. The van der Waals surface area contributed by atoms with Crippen molar-refractivity contribution >= 4 is 0 Å². The minimum atomic E-state index is -4.47. The number of ether oxygens (including phenoxy) is 2. The number of rotatable bonds is 4. The Morgan fingerprint density at radius 2 is 1.81 bits per heavy atom. The maximum absolute atomic E-state index is 13.2. The lowest BCUT2D eigenvalue weighted by Gasteiger charge is -2.28. The van der Waals surface area contributed by atoms with E-state index in [2.05, 4.69) is 10.2 Å². The van der Waals surface area contributed by atoms with Crippen LogP contribution in [0.1, 0.15) is 11.1 Å². The van der Waals surface area contributed by atoms with Crippen molar-refractivity contribution in [3.63, 3.8) is 0 Å². The first-order valence-corrected chi connectivity index (χ1v) is 6.71. The summed E-state index contributed by atoms with van der Waals surface area (Å²) in [5.41, 5.74) is -0.305. The van der Waals surface area contributed by atoms with Crippen molar-refractivity contribution in [2.45, 2.75) is 12.7 Å². The van der Waals surface area contributed by atoms with Gasteiger partial charge in [-0.3, -0.25) is 4.90 Å². The van der Waals surface area contributed by atoms with Gasteiger partial charge in [-0.2, -0.15) is 13.2 Å². The summed E-state index contributed by atoms with van der Waals surface area (Å²) in [6.07, 6.45) is -4.47. The van der Waals surface area contributed by atoms with Gasteiger partial charge in [0.1, 0.15) is 17.1 Å². The molecule has 7 heteroatoms. The first-order chi connectivity index (χ1) is 9.95. The normalized spacial score (nSPS) is 16.8. The number of nitrogens with zero attached hydrogens (tertiary/aromatic N) is 1. The standard InChI is InChI=1S/C14H19F3N2O2/c1-20-11-7-10(9-19-5-3-18-4-6-19)13(21-2)12(8-11)14(15,16)17/h7-8,18H,3-6,9H2,1-2H3. The zero-order chi connectivity index (χ0) is 15.5. The molecule has 1 aliphatic heterocycles. The lowest BCUT2D eigenvalue weighted by molar-refractivity contribution is -0.138. The lowest BCUT2D eigenvalue weighted by Crippen LogP contribution is -2.43. The average Bonchev–Trinajstić information content (AvgIpc) is 2.46. The summed E-state index contributed by atoms with van der Waals surface area (Å²) >= 11 is 0. The highest BCUT2D eigenvalue weighted by Gasteiger charge is 2.36. The summed E-state index contributed by atoms with van der Waals surface area (Å²) in [6.45, 7) is 3.66. The molecule has 1 aromatic rings. The average molecular weight is 304 g/mol. The summed E-state index contributed by atoms with van der Waals surface area (Å²) in [5.74, 6) is 0.0649. The predicted octanol–water partition coefficient (Wildman–Crippen LogP) is 2.13. The van der Waals surface area contributed by atoms with Crippen molar-refractivity contribution in [1.82, 2.24) is 10.2 Å². The van der Waals surface area contributed by atoms with E-state index < -0.39 is 11.7 Å². The fourth-order valence-corrected chi connectivity index (χ4v) is 2.46. The Labute approximate surface area is 121 Å². The number of alkyl halides is 3. The molecular formula is C14H19F3N2O2. The van der Waals surface area contributed by atoms with E-state index in [1.807, 2.05) is 0 Å². The first kappa shape index (κ1) is 15.9. The third-order valence-corrected chi connectivity index (χ3v) is 3.49. The SMILES string of the molecule is COc1cc(CN2CCNCC2)c(OC)c(C(F)(F)F)c1. The highest BCUT2D eigenvalue weighted by molar-refractivity contribution is 5.48. The van der Waals surface area contributed by atoms with Crippen LogP contribution < -0.4 is 14.8 Å². The van der Waals surface area contributed by atoms with Crippen LogP contribution in [0.5, 0.6) is 11.5 Å². The first-order valence-electron chi connectivity index (χ1n) is 6.71. The largest absolute Gasteiger partial charge is 0.497 e. The van der Waals surface area contributed by atoms with Crippen LogP contribution in [0.3, 0.4) is 0 Å². The van der Waals surface area contributed by atoms with Crippen LogP contribution in [0.15, 0.2) is 12.1 Å². The smallest absolute Gasteiger partial charge is 0.420 e. The van der Waals surface area contributed by atoms with Crippen LogP contribution in [-0.4, -0.2) is 45.3 Å². The topological polar surface area (TPSA) is 33.7 Å². The fraction of sp³-hybridized carbons (Fsp3) is 0.571. The van der Waals surface area contributed by atoms with Crippen molar-refractivity contribution in [2.24, 2.45) is 0 Å². The molecule has 0 unspecified atom stereocenters. The molecule has 0 bridgehead atoms. The van der Waals surface area contributed by atoms with Gasteiger partial charge in [0.05, 0.1) is 14.2 Å². The van der Waals surface area contributed by atoms with Crippen LogP contribution in [0, 0.1) is 0 Å². The van der Waals surface area contributed by atoms with E-state index in [0.29, 0.717) is 12.1 Å². The Balaban J connectivity index is 2.37. The van der Waals surface area contributed by atoms with Crippen LogP contribution >= 0.6 is 0 Å². The van der Waals surface area contributed by atoms with Crippen LogP contribution in [0.2, 0.25) is 0 Å². The van der Waals surface area contributed by atoms with Crippen molar-refractivity contribution in [2.75, 3.05) is 40.4 Å². The second-order valence-corrected chi connectivity index (χ2v) is 4.89. The number of nitrogens with one attached hydrogen (secondary N) is 1. The van der Waals surface area contributed by atoms with Crippen molar-refractivity contribution in [1.29, 1.82) is 0 Å². The fourth-order valence-electron chi connectivity index (χ4n) is 2.46. The van der Waals surface area contributed by atoms with Crippen molar-refractivity contribution in [3.05, 3.63) is 23.3 Å². The molecule has 1 heterocycles. The number of hydrogen-bond acceptors (Lipinski definition) is 4. The molecule has 1 fully saturated rings. The molecule has 0 aromatic heterocycles. The summed E-state index contributed by atoms with van der Waals surface area (Å²) in [5, 5.41) is 3.21. The number of halogens is 3. The molecule has 0 radical (unpaired) electrons. The van der Waals surface area contributed by atoms with Gasteiger partial charge in [0.25, 0.3) is 0 Å². The van der Waals surface area contributed by atoms with E-state index in [9.17, 15) is 13.2 Å². The van der Waals surface area contributed by atoms with Crippen LogP contribution in [0.4, 0.5) is 13.2 Å². The van der Waals surface area contributed by atoms with Gasteiger partial charge in [0.2, 0.25) is 0 Å². The molecular weight excluding hydrogens is 285 g/mol.